The Hall–Kier alpha value is -4.07. The summed E-state index contributed by atoms with van der Waals surface area (Å²) in [4.78, 5) is 16.2. The molecular formula is C26H26N4O4. The molecule has 0 fully saturated rings. The van der Waals surface area contributed by atoms with E-state index in [2.05, 4.69) is 28.7 Å². The van der Waals surface area contributed by atoms with E-state index in [1.807, 2.05) is 43.3 Å². The molecule has 2 aliphatic rings. The lowest BCUT2D eigenvalue weighted by Gasteiger charge is -2.22. The SMILES string of the molecule is CCN(CC)c1cc(OC)c2nc3c4c(OC)cccc4/c(=N\c4nc(C)co4)cc-3oc2c1. The average Bonchev–Trinajstić information content (AvgIpc) is 3.27. The topological polar surface area (TPSA) is 86.1 Å². The molecule has 8 nitrogen and oxygen atoms in total. The molecule has 0 atom stereocenters. The highest BCUT2D eigenvalue weighted by molar-refractivity contribution is 6.01. The zero-order valence-corrected chi connectivity index (χ0v) is 19.9. The van der Waals surface area contributed by atoms with Gasteiger partial charge in [0, 0.05) is 42.4 Å². The fraction of sp³-hybridized carbons (Fsp3) is 0.269. The van der Waals surface area contributed by atoms with Crippen molar-refractivity contribution in [2.24, 2.45) is 4.99 Å². The molecule has 0 spiro atoms. The Labute approximate surface area is 196 Å². The molecule has 8 heteroatoms. The fourth-order valence-electron chi connectivity index (χ4n) is 4.24. The quantitative estimate of drug-likeness (QED) is 0.246. The third-order valence-electron chi connectivity index (χ3n) is 5.90. The number of oxazole rings is 1. The van der Waals surface area contributed by atoms with Gasteiger partial charge in [0.2, 0.25) is 0 Å². The zero-order valence-electron chi connectivity index (χ0n) is 19.9. The monoisotopic (exact) mass is 458 g/mol. The van der Waals surface area contributed by atoms with Crippen LogP contribution in [0.4, 0.5) is 11.7 Å². The number of fused-ring (bicyclic) bond motifs is 4. The maximum absolute atomic E-state index is 6.42. The second-order valence-electron chi connectivity index (χ2n) is 7.89. The van der Waals surface area contributed by atoms with E-state index in [-0.39, 0.29) is 6.01 Å². The van der Waals surface area contributed by atoms with Gasteiger partial charge in [-0.1, -0.05) is 12.1 Å². The second kappa shape index (κ2) is 8.70. The molecule has 0 N–H and O–H groups in total. The van der Waals surface area contributed by atoms with Gasteiger partial charge < -0.3 is 23.2 Å². The van der Waals surface area contributed by atoms with Crippen LogP contribution in [0.5, 0.6) is 11.5 Å². The highest BCUT2D eigenvalue weighted by Crippen LogP contribution is 2.39. The normalized spacial score (nSPS) is 12.1. The van der Waals surface area contributed by atoms with Crippen LogP contribution in [0.2, 0.25) is 0 Å². The summed E-state index contributed by atoms with van der Waals surface area (Å²) in [5.41, 5.74) is 3.70. The predicted octanol–water partition coefficient (Wildman–Crippen LogP) is 5.48. The van der Waals surface area contributed by atoms with E-state index in [9.17, 15) is 0 Å². The first-order valence-corrected chi connectivity index (χ1v) is 11.2. The summed E-state index contributed by atoms with van der Waals surface area (Å²) in [6.45, 7) is 7.83. The Morgan fingerprint density at radius 2 is 1.79 bits per heavy atom. The van der Waals surface area contributed by atoms with Crippen molar-refractivity contribution in [3.8, 4) is 23.0 Å². The molecule has 2 aromatic carbocycles. The zero-order chi connectivity index (χ0) is 23.8. The number of anilines is 1. The van der Waals surface area contributed by atoms with Crippen molar-refractivity contribution < 1.29 is 18.3 Å². The van der Waals surface area contributed by atoms with E-state index in [1.54, 1.807) is 20.5 Å². The van der Waals surface area contributed by atoms with Crippen LogP contribution >= 0.6 is 0 Å². The van der Waals surface area contributed by atoms with Gasteiger partial charge >= 0.3 is 6.01 Å². The van der Waals surface area contributed by atoms with Gasteiger partial charge in [0.1, 0.15) is 29.0 Å². The number of hydrogen-bond acceptors (Lipinski definition) is 8. The van der Waals surface area contributed by atoms with E-state index >= 15 is 0 Å². The van der Waals surface area contributed by atoms with Crippen molar-refractivity contribution >= 4 is 33.6 Å². The van der Waals surface area contributed by atoms with Gasteiger partial charge in [-0.05, 0) is 26.8 Å². The summed E-state index contributed by atoms with van der Waals surface area (Å²) in [6.07, 6.45) is 1.57. The van der Waals surface area contributed by atoms with Gasteiger partial charge in [0.05, 0.1) is 30.7 Å². The van der Waals surface area contributed by atoms with Gasteiger partial charge in [-0.25, -0.2) is 4.98 Å². The lowest BCUT2D eigenvalue weighted by atomic mass is 10.0. The van der Waals surface area contributed by atoms with Gasteiger partial charge in [0.25, 0.3) is 0 Å². The third kappa shape index (κ3) is 3.61. The Morgan fingerprint density at radius 1 is 1.00 bits per heavy atom. The van der Waals surface area contributed by atoms with Gasteiger partial charge in [0.15, 0.2) is 11.3 Å². The van der Waals surface area contributed by atoms with Crippen LogP contribution in [0.25, 0.3) is 33.3 Å². The molecule has 0 radical (unpaired) electrons. The highest BCUT2D eigenvalue weighted by Gasteiger charge is 2.21. The van der Waals surface area contributed by atoms with Crippen molar-refractivity contribution in [2.45, 2.75) is 20.8 Å². The fourth-order valence-corrected chi connectivity index (χ4v) is 4.24. The average molecular weight is 459 g/mol. The molecule has 0 unspecified atom stereocenters. The Morgan fingerprint density at radius 3 is 2.47 bits per heavy atom. The van der Waals surface area contributed by atoms with Crippen molar-refractivity contribution in [3.63, 3.8) is 0 Å². The Kier molecular flexibility index (Phi) is 5.57. The first-order valence-electron chi connectivity index (χ1n) is 11.2. The lowest BCUT2D eigenvalue weighted by molar-refractivity contribution is 0.417. The largest absolute Gasteiger partial charge is 0.496 e. The van der Waals surface area contributed by atoms with Crippen molar-refractivity contribution in [1.82, 2.24) is 9.97 Å². The summed E-state index contributed by atoms with van der Waals surface area (Å²) in [5.74, 6) is 1.89. The molecule has 1 aliphatic heterocycles. The van der Waals surface area contributed by atoms with E-state index in [1.165, 1.54) is 0 Å². The molecule has 174 valence electrons. The number of hydrogen-bond donors (Lipinski definition) is 0. The Balaban J connectivity index is 1.89. The molecule has 34 heavy (non-hydrogen) atoms. The maximum Gasteiger partial charge on any atom is 0.322 e. The molecule has 0 amide bonds. The smallest absolute Gasteiger partial charge is 0.322 e. The summed E-state index contributed by atoms with van der Waals surface area (Å²) in [6, 6.07) is 11.9. The summed E-state index contributed by atoms with van der Waals surface area (Å²) in [5, 5.41) is 2.30. The van der Waals surface area contributed by atoms with Crippen LogP contribution in [0.3, 0.4) is 0 Å². The first-order chi connectivity index (χ1) is 16.6. The van der Waals surface area contributed by atoms with Crippen LogP contribution in [-0.4, -0.2) is 37.3 Å². The highest BCUT2D eigenvalue weighted by atomic mass is 16.5. The number of aromatic nitrogens is 2. The molecule has 0 saturated heterocycles. The molecule has 5 rings (SSSR count). The summed E-state index contributed by atoms with van der Waals surface area (Å²) < 4.78 is 23.3. The van der Waals surface area contributed by atoms with Crippen LogP contribution in [0, 0.1) is 6.92 Å². The van der Waals surface area contributed by atoms with Gasteiger partial charge in [-0.15, -0.1) is 0 Å². The molecule has 1 aromatic heterocycles. The lowest BCUT2D eigenvalue weighted by Crippen LogP contribution is -2.21. The minimum absolute atomic E-state index is 0.278. The van der Waals surface area contributed by atoms with Crippen LogP contribution < -0.4 is 19.7 Å². The number of methoxy groups -OCH3 is 2. The van der Waals surface area contributed by atoms with Gasteiger partial charge in [-0.2, -0.15) is 9.98 Å². The van der Waals surface area contributed by atoms with Crippen LogP contribution in [0.15, 0.2) is 56.5 Å². The number of nitrogens with zero attached hydrogens (tertiary/aromatic N) is 4. The molecule has 2 heterocycles. The first kappa shape index (κ1) is 21.8. The number of aryl methyl sites for hydroxylation is 1. The summed E-state index contributed by atoms with van der Waals surface area (Å²) in [7, 11) is 3.28. The minimum atomic E-state index is 0.278. The minimum Gasteiger partial charge on any atom is -0.496 e. The molecular weight excluding hydrogens is 432 g/mol. The molecule has 3 aromatic rings. The predicted molar refractivity (Wildman–Crippen MR) is 131 cm³/mol. The number of ether oxygens (including phenoxy) is 2. The van der Waals surface area contributed by atoms with E-state index < -0.39 is 0 Å². The van der Waals surface area contributed by atoms with E-state index in [0.29, 0.717) is 39.4 Å². The van der Waals surface area contributed by atoms with E-state index in [4.69, 9.17) is 23.3 Å². The number of rotatable bonds is 6. The number of benzene rings is 3. The molecule has 0 bridgehead atoms. The standard InChI is InChI=1S/C26H26N4O4/c1-6-30(7-2)16-11-20(32-5)24-21(12-16)34-22-13-18(28-26-27-15(3)14-33-26)17-9-8-10-19(31-4)23(17)25(22)29-24/h8-14H,6-7H2,1-5H3/b28-18-. The van der Waals surface area contributed by atoms with Crippen molar-refractivity contribution in [1.29, 1.82) is 0 Å². The second-order valence-corrected chi connectivity index (χ2v) is 7.89. The summed E-state index contributed by atoms with van der Waals surface area (Å²) >= 11 is 0. The van der Waals surface area contributed by atoms with Gasteiger partial charge in [-0.3, -0.25) is 0 Å². The van der Waals surface area contributed by atoms with Crippen LogP contribution in [0.1, 0.15) is 19.5 Å². The molecule has 1 aliphatic carbocycles. The maximum atomic E-state index is 6.42. The Bertz CT molecular complexity index is 1530. The third-order valence-corrected chi connectivity index (χ3v) is 5.90. The van der Waals surface area contributed by atoms with Crippen molar-refractivity contribution in [2.75, 3.05) is 32.2 Å². The van der Waals surface area contributed by atoms with Crippen LogP contribution in [-0.2, 0) is 0 Å². The van der Waals surface area contributed by atoms with Crippen molar-refractivity contribution in [3.05, 3.63) is 53.7 Å². The molecule has 0 saturated carbocycles. The van der Waals surface area contributed by atoms with E-state index in [0.717, 1.165) is 35.2 Å².